The molecule has 0 fully saturated rings. The molecule has 15 rings (SSSR count). The zero-order chi connectivity index (χ0) is 43.0. The summed E-state index contributed by atoms with van der Waals surface area (Å²) in [6, 6.07) is 79.6. The van der Waals surface area contributed by atoms with Crippen molar-refractivity contribution in [2.45, 2.75) is 0 Å². The summed E-state index contributed by atoms with van der Waals surface area (Å²) in [6.07, 6.45) is 0. The summed E-state index contributed by atoms with van der Waals surface area (Å²) in [4.78, 5) is 11.6. The average Bonchev–Trinajstić information content (AvgIpc) is 3.92. The van der Waals surface area contributed by atoms with Gasteiger partial charge in [0, 0.05) is 49.0 Å². The lowest BCUT2D eigenvalue weighted by Crippen LogP contribution is -2.05. The van der Waals surface area contributed by atoms with E-state index >= 15 is 0 Å². The minimum atomic E-state index is 0.633. The largest absolute Gasteiger partial charge is 0.307 e. The second-order valence-electron chi connectivity index (χ2n) is 17.6. The first-order valence-corrected chi connectivity index (χ1v) is 22.7. The van der Waals surface area contributed by atoms with Crippen LogP contribution in [0.4, 0.5) is 0 Å². The molecule has 12 aromatic carbocycles. The van der Waals surface area contributed by atoms with Crippen LogP contribution in [-0.2, 0) is 0 Å². The van der Waals surface area contributed by atoms with Gasteiger partial charge in [0.1, 0.15) is 0 Å². The highest BCUT2D eigenvalue weighted by Crippen LogP contribution is 2.50. The summed E-state index contributed by atoms with van der Waals surface area (Å²) < 4.78 is 4.93. The topological polar surface area (TPSA) is 35.6 Å². The number of benzene rings is 12. The van der Waals surface area contributed by atoms with Crippen LogP contribution < -0.4 is 0 Å². The molecule has 15 aromatic rings. The van der Waals surface area contributed by atoms with E-state index in [9.17, 15) is 0 Å². The van der Waals surface area contributed by atoms with Crippen molar-refractivity contribution < 1.29 is 0 Å². The highest BCUT2D eigenvalue weighted by atomic mass is 15.2. The van der Waals surface area contributed by atoms with Crippen LogP contribution in [0.1, 0.15) is 0 Å². The molecule has 0 aliphatic rings. The van der Waals surface area contributed by atoms with Crippen LogP contribution in [0, 0.1) is 0 Å². The predicted molar refractivity (Wildman–Crippen MR) is 279 cm³/mol. The Morgan fingerprint density at radius 2 is 0.833 bits per heavy atom. The van der Waals surface area contributed by atoms with Gasteiger partial charge in [-0.2, -0.15) is 0 Å². The smallest absolute Gasteiger partial charge is 0.235 e. The summed E-state index contributed by atoms with van der Waals surface area (Å²) in [7, 11) is 0. The van der Waals surface area contributed by atoms with E-state index in [1.54, 1.807) is 0 Å². The van der Waals surface area contributed by atoms with E-state index in [1.807, 2.05) is 0 Å². The molecule has 0 saturated heterocycles. The normalized spacial score (nSPS) is 12.2. The number of hydrogen-bond acceptors (Lipinski definition) is 2. The number of fused-ring (bicyclic) bond motifs is 21. The Balaban J connectivity index is 1.26. The Morgan fingerprint density at radius 1 is 0.288 bits per heavy atom. The van der Waals surface area contributed by atoms with Gasteiger partial charge in [0.25, 0.3) is 0 Å². The second-order valence-corrected chi connectivity index (χ2v) is 17.6. The standard InChI is InChI=1S/C62H36N4/c1-2-18-39(19-3-1)58-56-42-21-7-6-17-38(42)31-35-52(56)63-62(64-58)66-60-51(34-33-50-45-24-14-15-29-53(45)65(59(50)60)41-32-30-37-16-4-5-20-40(37)36-41)55-49-28-13-12-27-48(49)54-46-25-10-8-22-43(46)44-23-9-11-26-47(44)57(54)61(55)66/h1-36H. The maximum Gasteiger partial charge on any atom is 0.235 e. The molecule has 0 unspecified atom stereocenters. The summed E-state index contributed by atoms with van der Waals surface area (Å²) in [5.41, 5.74) is 8.39. The maximum atomic E-state index is 5.84. The van der Waals surface area contributed by atoms with Crippen molar-refractivity contribution in [3.63, 3.8) is 0 Å². The quantitative estimate of drug-likeness (QED) is 0.166. The molecule has 0 bridgehead atoms. The van der Waals surface area contributed by atoms with E-state index in [0.717, 1.165) is 66.1 Å². The van der Waals surface area contributed by atoms with Gasteiger partial charge in [-0.15, -0.1) is 0 Å². The van der Waals surface area contributed by atoms with Gasteiger partial charge < -0.3 is 4.57 Å². The molecule has 304 valence electrons. The summed E-state index contributed by atoms with van der Waals surface area (Å²) >= 11 is 0. The first kappa shape index (κ1) is 35.6. The van der Waals surface area contributed by atoms with Gasteiger partial charge in [-0.3, -0.25) is 4.57 Å². The molecule has 3 heterocycles. The van der Waals surface area contributed by atoms with E-state index in [2.05, 4.69) is 228 Å². The number of aromatic nitrogens is 4. The van der Waals surface area contributed by atoms with Crippen LogP contribution in [0.5, 0.6) is 0 Å². The van der Waals surface area contributed by atoms with Crippen molar-refractivity contribution in [2.24, 2.45) is 0 Å². The molecular weight excluding hydrogens is 801 g/mol. The fourth-order valence-corrected chi connectivity index (χ4v) is 11.5. The fourth-order valence-electron chi connectivity index (χ4n) is 11.5. The molecular formula is C62H36N4. The summed E-state index contributed by atoms with van der Waals surface area (Å²) in [5.74, 6) is 0.633. The van der Waals surface area contributed by atoms with Gasteiger partial charge in [0.15, 0.2) is 0 Å². The molecule has 0 spiro atoms. The highest BCUT2D eigenvalue weighted by molar-refractivity contribution is 6.43. The van der Waals surface area contributed by atoms with Gasteiger partial charge in [0.2, 0.25) is 5.95 Å². The second kappa shape index (κ2) is 13.3. The Kier molecular flexibility index (Phi) is 7.19. The first-order valence-electron chi connectivity index (χ1n) is 22.7. The zero-order valence-corrected chi connectivity index (χ0v) is 35.6. The third kappa shape index (κ3) is 4.77. The van der Waals surface area contributed by atoms with Crippen LogP contribution in [0.25, 0.3) is 142 Å². The third-order valence-corrected chi connectivity index (χ3v) is 14.2. The Bertz CT molecular complexity index is 4580. The van der Waals surface area contributed by atoms with Crippen molar-refractivity contribution in [1.29, 1.82) is 0 Å². The number of hydrogen-bond donors (Lipinski definition) is 0. The van der Waals surface area contributed by atoms with E-state index in [0.29, 0.717) is 5.95 Å². The third-order valence-electron chi connectivity index (χ3n) is 14.2. The molecule has 4 heteroatoms. The minimum Gasteiger partial charge on any atom is -0.307 e. The van der Waals surface area contributed by atoms with Crippen molar-refractivity contribution in [1.82, 2.24) is 19.1 Å². The maximum absolute atomic E-state index is 5.84. The van der Waals surface area contributed by atoms with Gasteiger partial charge in [0.05, 0.1) is 33.3 Å². The number of para-hydroxylation sites is 1. The van der Waals surface area contributed by atoms with Crippen LogP contribution in [0.15, 0.2) is 218 Å². The Morgan fingerprint density at radius 3 is 1.59 bits per heavy atom. The molecule has 0 aliphatic heterocycles. The molecule has 0 atom stereocenters. The molecule has 4 nitrogen and oxygen atoms in total. The monoisotopic (exact) mass is 836 g/mol. The fraction of sp³-hybridized carbons (Fsp3) is 0. The number of rotatable bonds is 3. The average molecular weight is 837 g/mol. The molecule has 66 heavy (non-hydrogen) atoms. The lowest BCUT2D eigenvalue weighted by molar-refractivity contribution is 1.02. The Hall–Kier alpha value is -8.86. The first-order chi connectivity index (χ1) is 32.8. The van der Waals surface area contributed by atoms with E-state index < -0.39 is 0 Å². The summed E-state index contributed by atoms with van der Waals surface area (Å²) in [5, 5.41) is 20.2. The van der Waals surface area contributed by atoms with Crippen molar-refractivity contribution >= 4 is 119 Å². The molecule has 0 radical (unpaired) electrons. The van der Waals surface area contributed by atoms with Crippen LogP contribution >= 0.6 is 0 Å². The predicted octanol–water partition coefficient (Wildman–Crippen LogP) is 16.4. The number of nitrogens with zero attached hydrogens (tertiary/aromatic N) is 4. The van der Waals surface area contributed by atoms with E-state index in [1.165, 1.54) is 70.0 Å². The van der Waals surface area contributed by atoms with E-state index in [-0.39, 0.29) is 0 Å². The minimum absolute atomic E-state index is 0.633. The molecule has 3 aromatic heterocycles. The van der Waals surface area contributed by atoms with Gasteiger partial charge in [-0.25, -0.2) is 9.97 Å². The highest BCUT2D eigenvalue weighted by Gasteiger charge is 2.28. The van der Waals surface area contributed by atoms with Gasteiger partial charge >= 0.3 is 0 Å². The van der Waals surface area contributed by atoms with Gasteiger partial charge in [-0.1, -0.05) is 194 Å². The Labute approximate surface area is 377 Å². The van der Waals surface area contributed by atoms with Crippen LogP contribution in [-0.4, -0.2) is 19.1 Å². The zero-order valence-electron chi connectivity index (χ0n) is 35.6. The molecule has 0 saturated carbocycles. The van der Waals surface area contributed by atoms with Crippen LogP contribution in [0.3, 0.4) is 0 Å². The lowest BCUT2D eigenvalue weighted by Gasteiger charge is -2.18. The summed E-state index contributed by atoms with van der Waals surface area (Å²) in [6.45, 7) is 0. The molecule has 0 amide bonds. The van der Waals surface area contributed by atoms with Gasteiger partial charge in [-0.05, 0) is 78.1 Å². The lowest BCUT2D eigenvalue weighted by atomic mass is 9.89. The SMILES string of the molecule is c1ccc(-c2nc(-n3c4c(c5ccccc5c5c6ccccc6c6ccccc6c54)c4ccc5c6ccccc6n(-c6ccc7ccccc7c6)c5c43)nc3ccc4ccccc4c23)cc1. The van der Waals surface area contributed by atoms with Crippen molar-refractivity contribution in [3.05, 3.63) is 218 Å². The molecule has 0 aliphatic carbocycles. The van der Waals surface area contributed by atoms with E-state index in [4.69, 9.17) is 9.97 Å². The van der Waals surface area contributed by atoms with Crippen molar-refractivity contribution in [2.75, 3.05) is 0 Å². The van der Waals surface area contributed by atoms with Crippen LogP contribution in [0.2, 0.25) is 0 Å². The van der Waals surface area contributed by atoms with Crippen molar-refractivity contribution in [3.8, 4) is 22.9 Å². The molecule has 0 N–H and O–H groups in total.